The van der Waals surface area contributed by atoms with Gasteiger partial charge in [-0.05, 0) is 39.7 Å². The van der Waals surface area contributed by atoms with E-state index in [0.717, 1.165) is 22.2 Å². The minimum Gasteiger partial charge on any atom is -0.493 e. The lowest BCUT2D eigenvalue weighted by molar-refractivity contribution is 0.352. The van der Waals surface area contributed by atoms with Crippen molar-refractivity contribution in [2.24, 2.45) is 0 Å². The lowest BCUT2D eigenvalue weighted by Gasteiger charge is -2.12. The van der Waals surface area contributed by atoms with E-state index in [-0.39, 0.29) is 5.56 Å². The molecule has 2 heterocycles. The summed E-state index contributed by atoms with van der Waals surface area (Å²) < 4.78 is 8.72. The first kappa shape index (κ1) is 13.7. The molecule has 0 saturated heterocycles. The van der Waals surface area contributed by atoms with E-state index >= 15 is 0 Å². The number of halogens is 2. The molecule has 0 fully saturated rings. The van der Waals surface area contributed by atoms with Crippen molar-refractivity contribution < 1.29 is 4.74 Å². The molecule has 0 saturated carbocycles. The molecular formula is C14H12Br2N2O2. The third kappa shape index (κ3) is 2.50. The highest BCUT2D eigenvalue weighted by Crippen LogP contribution is 2.33. The number of fused-ring (bicyclic) bond motifs is 1. The first-order chi connectivity index (χ1) is 9.54. The Labute approximate surface area is 132 Å². The fourth-order valence-electron chi connectivity index (χ4n) is 2.39. The van der Waals surface area contributed by atoms with Crippen LogP contribution in [-0.4, -0.2) is 11.2 Å². The molecular weight excluding hydrogens is 388 g/mol. The average Bonchev–Trinajstić information content (AvgIpc) is 2.83. The highest BCUT2D eigenvalue weighted by molar-refractivity contribution is 9.10. The lowest BCUT2D eigenvalue weighted by Crippen LogP contribution is -2.21. The summed E-state index contributed by atoms with van der Waals surface area (Å²) in [6, 6.07) is 5.65. The summed E-state index contributed by atoms with van der Waals surface area (Å²) in [5.41, 5.74) is 8.38. The van der Waals surface area contributed by atoms with Gasteiger partial charge in [0.2, 0.25) is 0 Å². The molecule has 20 heavy (non-hydrogen) atoms. The van der Waals surface area contributed by atoms with E-state index in [9.17, 15) is 4.79 Å². The molecule has 0 atom stereocenters. The summed E-state index contributed by atoms with van der Waals surface area (Å²) in [6.45, 7) is 1.12. The summed E-state index contributed by atoms with van der Waals surface area (Å²) in [4.78, 5) is 12.1. The summed E-state index contributed by atoms with van der Waals surface area (Å²) in [5, 5.41) is 0. The van der Waals surface area contributed by atoms with Gasteiger partial charge in [0.05, 0.1) is 17.6 Å². The molecule has 0 bridgehead atoms. The van der Waals surface area contributed by atoms with Crippen molar-refractivity contribution in [2.45, 2.75) is 13.0 Å². The molecule has 1 aliphatic heterocycles. The minimum atomic E-state index is -0.106. The van der Waals surface area contributed by atoms with Gasteiger partial charge in [0.25, 0.3) is 5.56 Å². The smallest absolute Gasteiger partial charge is 0.265 e. The maximum absolute atomic E-state index is 12.1. The molecule has 0 amide bonds. The van der Waals surface area contributed by atoms with Gasteiger partial charge in [-0.1, -0.05) is 15.9 Å². The van der Waals surface area contributed by atoms with Crippen LogP contribution in [0.1, 0.15) is 11.1 Å². The van der Waals surface area contributed by atoms with E-state index < -0.39 is 0 Å². The Kier molecular flexibility index (Phi) is 3.60. The molecule has 0 aliphatic carbocycles. The van der Waals surface area contributed by atoms with Gasteiger partial charge in [-0.3, -0.25) is 4.79 Å². The van der Waals surface area contributed by atoms with Gasteiger partial charge >= 0.3 is 0 Å². The molecule has 0 unspecified atom stereocenters. The fraction of sp³-hybridized carbons (Fsp3) is 0.214. The topological polar surface area (TPSA) is 57.2 Å². The Morgan fingerprint density at radius 3 is 2.90 bits per heavy atom. The largest absolute Gasteiger partial charge is 0.493 e. The summed E-state index contributed by atoms with van der Waals surface area (Å²) in [6.07, 6.45) is 2.55. The molecule has 0 radical (unpaired) electrons. The van der Waals surface area contributed by atoms with Crippen molar-refractivity contribution in [3.63, 3.8) is 0 Å². The van der Waals surface area contributed by atoms with Gasteiger partial charge in [-0.25, -0.2) is 0 Å². The van der Waals surface area contributed by atoms with E-state index in [4.69, 9.17) is 10.5 Å². The van der Waals surface area contributed by atoms with Gasteiger partial charge in [-0.15, -0.1) is 0 Å². The molecule has 2 aromatic rings. The van der Waals surface area contributed by atoms with Crippen LogP contribution in [0.4, 0.5) is 5.69 Å². The molecule has 4 nitrogen and oxygen atoms in total. The Morgan fingerprint density at radius 1 is 1.30 bits per heavy atom. The number of anilines is 1. The number of hydrogen-bond donors (Lipinski definition) is 1. The van der Waals surface area contributed by atoms with Crippen LogP contribution in [-0.2, 0) is 13.0 Å². The Hall–Kier alpha value is -1.27. The van der Waals surface area contributed by atoms with Crippen LogP contribution in [0.25, 0.3) is 0 Å². The number of benzene rings is 1. The Balaban J connectivity index is 2.07. The summed E-state index contributed by atoms with van der Waals surface area (Å²) in [5.74, 6) is 0.888. The van der Waals surface area contributed by atoms with Crippen LogP contribution in [0.15, 0.2) is 38.1 Å². The molecule has 104 valence electrons. The van der Waals surface area contributed by atoms with Crippen LogP contribution in [0, 0.1) is 0 Å². The zero-order chi connectivity index (χ0) is 14.3. The van der Waals surface area contributed by atoms with E-state index in [1.165, 1.54) is 5.56 Å². The number of rotatable bonds is 2. The average molecular weight is 400 g/mol. The molecule has 1 aromatic heterocycles. The highest BCUT2D eigenvalue weighted by Gasteiger charge is 2.18. The number of nitrogens with zero attached hydrogens (tertiary/aromatic N) is 1. The first-order valence-electron chi connectivity index (χ1n) is 6.14. The van der Waals surface area contributed by atoms with Gasteiger partial charge in [0.1, 0.15) is 5.75 Å². The van der Waals surface area contributed by atoms with Crippen molar-refractivity contribution in [2.75, 3.05) is 12.3 Å². The number of pyridine rings is 1. The van der Waals surface area contributed by atoms with E-state index in [2.05, 4.69) is 37.9 Å². The third-order valence-electron chi connectivity index (χ3n) is 3.23. The van der Waals surface area contributed by atoms with E-state index in [1.807, 2.05) is 6.07 Å². The third-order valence-corrected chi connectivity index (χ3v) is 4.26. The molecule has 1 aliphatic rings. The van der Waals surface area contributed by atoms with Crippen LogP contribution in [0.2, 0.25) is 0 Å². The van der Waals surface area contributed by atoms with Crippen molar-refractivity contribution in [1.82, 2.24) is 4.57 Å². The van der Waals surface area contributed by atoms with E-state index in [1.54, 1.807) is 16.8 Å². The Bertz CT molecular complexity index is 741. The zero-order valence-corrected chi connectivity index (χ0v) is 13.7. The molecule has 6 heteroatoms. The van der Waals surface area contributed by atoms with Crippen LogP contribution in [0.5, 0.6) is 5.75 Å². The van der Waals surface area contributed by atoms with Crippen molar-refractivity contribution in [3.8, 4) is 5.75 Å². The van der Waals surface area contributed by atoms with Crippen LogP contribution < -0.4 is 16.0 Å². The molecule has 3 rings (SSSR count). The maximum Gasteiger partial charge on any atom is 0.265 e. The second-order valence-electron chi connectivity index (χ2n) is 4.71. The first-order valence-corrected chi connectivity index (χ1v) is 7.73. The van der Waals surface area contributed by atoms with Crippen molar-refractivity contribution in [3.05, 3.63) is 54.8 Å². The van der Waals surface area contributed by atoms with Gasteiger partial charge in [-0.2, -0.15) is 0 Å². The Morgan fingerprint density at radius 2 is 2.10 bits per heavy atom. The zero-order valence-electron chi connectivity index (χ0n) is 10.5. The number of hydrogen-bond acceptors (Lipinski definition) is 3. The normalized spacial score (nSPS) is 13.1. The van der Waals surface area contributed by atoms with Gasteiger partial charge in [0.15, 0.2) is 0 Å². The SMILES string of the molecule is Nc1cc(Br)c(=O)n(Cc2cc(Br)cc3c2OCC3)c1. The number of nitrogen functional groups attached to an aromatic ring is 1. The number of nitrogens with two attached hydrogens (primary N) is 1. The standard InChI is InChI=1S/C14H12Br2N2O2/c15-10-3-8-1-2-20-13(8)9(4-10)6-18-7-11(17)5-12(16)14(18)19/h3-5,7H,1-2,6,17H2. The molecule has 2 N–H and O–H groups in total. The quantitative estimate of drug-likeness (QED) is 0.844. The predicted octanol–water partition coefficient (Wildman–Crippen LogP) is 2.94. The van der Waals surface area contributed by atoms with Gasteiger partial charge < -0.3 is 15.0 Å². The van der Waals surface area contributed by atoms with Crippen LogP contribution in [0.3, 0.4) is 0 Å². The van der Waals surface area contributed by atoms with Crippen LogP contribution >= 0.6 is 31.9 Å². The van der Waals surface area contributed by atoms with Crippen molar-refractivity contribution in [1.29, 1.82) is 0 Å². The predicted molar refractivity (Wildman–Crippen MR) is 85.3 cm³/mol. The molecule has 0 spiro atoms. The summed E-state index contributed by atoms with van der Waals surface area (Å²) >= 11 is 6.73. The second kappa shape index (κ2) is 5.26. The maximum atomic E-state index is 12.1. The second-order valence-corrected chi connectivity index (χ2v) is 6.48. The number of ether oxygens (including phenoxy) is 1. The highest BCUT2D eigenvalue weighted by atomic mass is 79.9. The summed E-state index contributed by atoms with van der Waals surface area (Å²) in [7, 11) is 0. The minimum absolute atomic E-state index is 0.106. The van der Waals surface area contributed by atoms with Gasteiger partial charge in [0, 0.05) is 28.3 Å². The lowest BCUT2D eigenvalue weighted by atomic mass is 10.1. The number of aromatic nitrogens is 1. The van der Waals surface area contributed by atoms with E-state index in [0.29, 0.717) is 23.3 Å². The molecule has 1 aromatic carbocycles. The monoisotopic (exact) mass is 398 g/mol. The van der Waals surface area contributed by atoms with Crippen molar-refractivity contribution >= 4 is 37.5 Å². The fourth-order valence-corrected chi connectivity index (χ4v) is 3.43.